The Hall–Kier alpha value is -1.68. The van der Waals surface area contributed by atoms with Crippen LogP contribution in [-0.2, 0) is 0 Å². The van der Waals surface area contributed by atoms with Crippen molar-refractivity contribution >= 4 is 0 Å². The normalized spacial score (nSPS) is 11.9. The summed E-state index contributed by atoms with van der Waals surface area (Å²) in [6, 6.07) is 4.09. The zero-order valence-corrected chi connectivity index (χ0v) is 13.8. The summed E-state index contributed by atoms with van der Waals surface area (Å²) in [5.41, 5.74) is 2.19. The third-order valence-corrected chi connectivity index (χ3v) is 3.30. The molecule has 1 rings (SSSR count). The summed E-state index contributed by atoms with van der Waals surface area (Å²) >= 11 is 0. The van der Waals surface area contributed by atoms with Gasteiger partial charge in [0.25, 0.3) is 0 Å². The summed E-state index contributed by atoms with van der Waals surface area (Å²) < 4.78 is 16.4. The van der Waals surface area contributed by atoms with Crippen LogP contribution < -0.4 is 19.5 Å². The lowest BCUT2D eigenvalue weighted by atomic mass is 9.98. The Bertz CT molecular complexity index is 471. The Morgan fingerprint density at radius 1 is 1.14 bits per heavy atom. The van der Waals surface area contributed by atoms with Crippen molar-refractivity contribution in [3.8, 4) is 17.2 Å². The minimum absolute atomic E-state index is 0.150. The molecular weight excluding hydrogens is 266 g/mol. The van der Waals surface area contributed by atoms with E-state index in [1.54, 1.807) is 21.3 Å². The Morgan fingerprint density at radius 2 is 1.81 bits per heavy atom. The van der Waals surface area contributed by atoms with Crippen LogP contribution in [0.25, 0.3) is 0 Å². The molecular formula is C17H27NO3. The van der Waals surface area contributed by atoms with Crippen molar-refractivity contribution in [3.05, 3.63) is 29.8 Å². The molecule has 0 saturated heterocycles. The molecule has 0 radical (unpaired) electrons. The average molecular weight is 293 g/mol. The molecule has 21 heavy (non-hydrogen) atoms. The van der Waals surface area contributed by atoms with Crippen LogP contribution in [0.15, 0.2) is 24.3 Å². The molecule has 4 nitrogen and oxygen atoms in total. The summed E-state index contributed by atoms with van der Waals surface area (Å²) in [6.07, 6.45) is 1.92. The molecule has 1 atom stereocenters. The molecule has 0 amide bonds. The summed E-state index contributed by atoms with van der Waals surface area (Å²) in [7, 11) is 4.90. The summed E-state index contributed by atoms with van der Waals surface area (Å²) in [6.45, 7) is 9.15. The number of hydrogen-bond donors (Lipinski definition) is 1. The maximum absolute atomic E-state index is 5.58. The highest BCUT2D eigenvalue weighted by molar-refractivity contribution is 5.56. The van der Waals surface area contributed by atoms with Gasteiger partial charge in [0.15, 0.2) is 11.5 Å². The van der Waals surface area contributed by atoms with Crippen molar-refractivity contribution in [2.45, 2.75) is 32.7 Å². The summed E-state index contributed by atoms with van der Waals surface area (Å²) in [5.74, 6) is 2.01. The van der Waals surface area contributed by atoms with Crippen LogP contribution in [0.4, 0.5) is 0 Å². The summed E-state index contributed by atoms with van der Waals surface area (Å²) in [5, 5.41) is 3.54. The van der Waals surface area contributed by atoms with Gasteiger partial charge in [-0.3, -0.25) is 0 Å². The van der Waals surface area contributed by atoms with Crippen molar-refractivity contribution in [3.63, 3.8) is 0 Å². The Kier molecular flexibility index (Phi) is 7.09. The quantitative estimate of drug-likeness (QED) is 0.704. The molecule has 0 spiro atoms. The highest BCUT2D eigenvalue weighted by Gasteiger charge is 2.21. The first-order valence-corrected chi connectivity index (χ1v) is 7.25. The molecule has 0 heterocycles. The molecule has 0 aromatic heterocycles. The van der Waals surface area contributed by atoms with E-state index in [0.29, 0.717) is 17.2 Å². The maximum Gasteiger partial charge on any atom is 0.203 e. The number of rotatable bonds is 9. The van der Waals surface area contributed by atoms with Gasteiger partial charge in [-0.1, -0.05) is 12.5 Å². The monoisotopic (exact) mass is 293 g/mol. The number of benzene rings is 1. The van der Waals surface area contributed by atoms with Crippen LogP contribution in [0.3, 0.4) is 0 Å². The molecule has 1 unspecified atom stereocenters. The second-order valence-electron chi connectivity index (χ2n) is 5.09. The standard InChI is InChI=1S/C17H27NO3/c1-7-10-18-14(11-12(2)3)13-8-9-15(19-4)17(21-6)16(13)20-5/h8-9,14,18H,2,7,10-11H2,1,3-6H3. The zero-order chi connectivity index (χ0) is 15.8. The Labute approximate surface area is 128 Å². The summed E-state index contributed by atoms with van der Waals surface area (Å²) in [4.78, 5) is 0. The van der Waals surface area contributed by atoms with E-state index in [9.17, 15) is 0 Å². The van der Waals surface area contributed by atoms with Crippen LogP contribution in [0.2, 0.25) is 0 Å². The van der Waals surface area contributed by atoms with Crippen LogP contribution in [0, 0.1) is 0 Å². The number of hydrogen-bond acceptors (Lipinski definition) is 4. The molecule has 118 valence electrons. The average Bonchev–Trinajstić information content (AvgIpc) is 2.49. The lowest BCUT2D eigenvalue weighted by Gasteiger charge is -2.23. The fraction of sp³-hybridized carbons (Fsp3) is 0.529. The van der Waals surface area contributed by atoms with E-state index in [1.165, 1.54) is 0 Å². The lowest BCUT2D eigenvalue weighted by Crippen LogP contribution is -2.23. The van der Waals surface area contributed by atoms with Gasteiger partial charge >= 0.3 is 0 Å². The molecule has 1 N–H and O–H groups in total. The molecule has 0 aliphatic rings. The van der Waals surface area contributed by atoms with E-state index in [2.05, 4.69) is 18.8 Å². The molecule has 0 aliphatic heterocycles. The van der Waals surface area contributed by atoms with Crippen LogP contribution >= 0.6 is 0 Å². The Morgan fingerprint density at radius 3 is 2.29 bits per heavy atom. The fourth-order valence-corrected chi connectivity index (χ4v) is 2.36. The number of methoxy groups -OCH3 is 3. The van der Waals surface area contributed by atoms with Crippen molar-refractivity contribution in [2.24, 2.45) is 0 Å². The molecule has 4 heteroatoms. The van der Waals surface area contributed by atoms with Gasteiger partial charge in [-0.05, 0) is 38.4 Å². The van der Waals surface area contributed by atoms with Gasteiger partial charge in [-0.15, -0.1) is 6.58 Å². The third-order valence-electron chi connectivity index (χ3n) is 3.30. The SMILES string of the molecule is C=C(C)CC(NCCC)c1ccc(OC)c(OC)c1OC. The molecule has 0 saturated carbocycles. The van der Waals surface area contributed by atoms with E-state index in [1.807, 2.05) is 19.1 Å². The topological polar surface area (TPSA) is 39.7 Å². The predicted octanol–water partition coefficient (Wildman–Crippen LogP) is 3.72. The van der Waals surface area contributed by atoms with E-state index >= 15 is 0 Å². The second-order valence-corrected chi connectivity index (χ2v) is 5.09. The zero-order valence-electron chi connectivity index (χ0n) is 13.8. The molecule has 0 bridgehead atoms. The maximum atomic E-state index is 5.58. The minimum Gasteiger partial charge on any atom is -0.493 e. The van der Waals surface area contributed by atoms with Gasteiger partial charge < -0.3 is 19.5 Å². The van der Waals surface area contributed by atoms with Crippen molar-refractivity contribution in [1.29, 1.82) is 0 Å². The highest BCUT2D eigenvalue weighted by atomic mass is 16.5. The first kappa shape index (κ1) is 17.4. The van der Waals surface area contributed by atoms with Crippen LogP contribution in [-0.4, -0.2) is 27.9 Å². The van der Waals surface area contributed by atoms with Crippen molar-refractivity contribution in [1.82, 2.24) is 5.32 Å². The molecule has 0 aliphatic carbocycles. The highest BCUT2D eigenvalue weighted by Crippen LogP contribution is 2.43. The Balaban J connectivity index is 3.25. The minimum atomic E-state index is 0.150. The lowest BCUT2D eigenvalue weighted by molar-refractivity contribution is 0.319. The van der Waals surface area contributed by atoms with E-state index in [0.717, 1.165) is 30.5 Å². The van der Waals surface area contributed by atoms with Crippen molar-refractivity contribution < 1.29 is 14.2 Å². The number of ether oxygens (including phenoxy) is 3. The molecule has 0 fully saturated rings. The van der Waals surface area contributed by atoms with Crippen LogP contribution in [0.5, 0.6) is 17.2 Å². The van der Waals surface area contributed by atoms with E-state index < -0.39 is 0 Å². The van der Waals surface area contributed by atoms with E-state index in [4.69, 9.17) is 14.2 Å². The van der Waals surface area contributed by atoms with Gasteiger partial charge in [0.05, 0.1) is 21.3 Å². The first-order valence-electron chi connectivity index (χ1n) is 7.25. The first-order chi connectivity index (χ1) is 10.1. The van der Waals surface area contributed by atoms with Gasteiger partial charge in [-0.25, -0.2) is 0 Å². The van der Waals surface area contributed by atoms with Gasteiger partial charge in [0.1, 0.15) is 0 Å². The second kappa shape index (κ2) is 8.57. The number of nitrogens with one attached hydrogen (secondary N) is 1. The molecule has 1 aromatic rings. The van der Waals surface area contributed by atoms with Crippen molar-refractivity contribution in [2.75, 3.05) is 27.9 Å². The van der Waals surface area contributed by atoms with Gasteiger partial charge in [0.2, 0.25) is 5.75 Å². The molecule has 1 aromatic carbocycles. The largest absolute Gasteiger partial charge is 0.493 e. The van der Waals surface area contributed by atoms with Gasteiger partial charge in [0, 0.05) is 11.6 Å². The smallest absolute Gasteiger partial charge is 0.203 e. The predicted molar refractivity (Wildman–Crippen MR) is 86.6 cm³/mol. The van der Waals surface area contributed by atoms with Crippen LogP contribution in [0.1, 0.15) is 38.3 Å². The van der Waals surface area contributed by atoms with E-state index in [-0.39, 0.29) is 6.04 Å². The fourth-order valence-electron chi connectivity index (χ4n) is 2.36. The van der Waals surface area contributed by atoms with Gasteiger partial charge in [-0.2, -0.15) is 0 Å². The third kappa shape index (κ3) is 4.39.